The van der Waals surface area contributed by atoms with Gasteiger partial charge in [-0.05, 0) is 18.1 Å². The first kappa shape index (κ1) is 15.7. The van der Waals surface area contributed by atoms with E-state index in [2.05, 4.69) is 76.6 Å². The van der Waals surface area contributed by atoms with E-state index in [9.17, 15) is 0 Å². The molecule has 2 aromatic rings. The Balaban J connectivity index is 2.17. The van der Waals surface area contributed by atoms with Crippen LogP contribution in [0, 0.1) is 6.92 Å². The molecule has 0 saturated heterocycles. The van der Waals surface area contributed by atoms with Crippen LogP contribution in [0.1, 0.15) is 22.8 Å². The first-order valence-corrected chi connectivity index (χ1v) is 7.49. The normalized spacial score (nSPS) is 13.1. The molecule has 2 aromatic carbocycles. The Morgan fingerprint density at radius 3 is 2.00 bits per heavy atom. The Morgan fingerprint density at radius 1 is 0.857 bits per heavy atom. The lowest BCUT2D eigenvalue weighted by Crippen LogP contribution is -2.37. The molecule has 1 atom stereocenters. The molecule has 0 aromatic heterocycles. The Labute approximate surface area is 128 Å². The molecule has 0 aliphatic heterocycles. The highest BCUT2D eigenvalue weighted by molar-refractivity contribution is 5.31. The Kier molecular flexibility index (Phi) is 5.16. The van der Waals surface area contributed by atoms with E-state index in [4.69, 9.17) is 4.74 Å². The second-order valence-corrected chi connectivity index (χ2v) is 6.59. The molecule has 0 amide bonds. The summed E-state index contributed by atoms with van der Waals surface area (Å²) in [6, 6.07) is 19.1. The lowest BCUT2D eigenvalue weighted by Gasteiger charge is -2.26. The Hall–Kier alpha value is -1.64. The summed E-state index contributed by atoms with van der Waals surface area (Å²) in [5, 5.41) is 0. The van der Waals surface area contributed by atoms with Gasteiger partial charge >= 0.3 is 0 Å². The fourth-order valence-electron chi connectivity index (χ4n) is 2.20. The number of ether oxygens (including phenoxy) is 1. The molecule has 2 rings (SSSR count). The minimum Gasteiger partial charge on any atom is -0.363 e. The van der Waals surface area contributed by atoms with E-state index in [1.807, 2.05) is 6.07 Å². The fourth-order valence-corrected chi connectivity index (χ4v) is 2.20. The van der Waals surface area contributed by atoms with Crippen LogP contribution < -0.4 is 0 Å². The van der Waals surface area contributed by atoms with Gasteiger partial charge in [0.15, 0.2) is 0 Å². The van der Waals surface area contributed by atoms with Crippen molar-refractivity contribution in [3.05, 3.63) is 71.3 Å². The lowest BCUT2D eigenvalue weighted by atomic mass is 10.0. The van der Waals surface area contributed by atoms with Crippen LogP contribution in [0.2, 0.25) is 0 Å². The minimum absolute atomic E-state index is 0.0124. The van der Waals surface area contributed by atoms with Gasteiger partial charge < -0.3 is 9.22 Å². The average molecular weight is 284 g/mol. The lowest BCUT2D eigenvalue weighted by molar-refractivity contribution is -0.870. The van der Waals surface area contributed by atoms with Crippen LogP contribution in [0.4, 0.5) is 0 Å². The topological polar surface area (TPSA) is 9.23 Å². The highest BCUT2D eigenvalue weighted by Crippen LogP contribution is 2.26. The highest BCUT2D eigenvalue weighted by atomic mass is 16.5. The third kappa shape index (κ3) is 5.00. The second-order valence-electron chi connectivity index (χ2n) is 6.59. The number of hydrogen-bond acceptors (Lipinski definition) is 1. The standard InChI is InChI=1S/C19H26NO/c1-16-10-12-18(13-11-16)19(17-8-6-5-7-9-17)21-15-14-20(2,3)4/h5-13,19H,14-15H2,1-4H3/q+1. The molecule has 0 aliphatic rings. The molecule has 0 bridgehead atoms. The molecule has 0 heterocycles. The van der Waals surface area contributed by atoms with Crippen molar-refractivity contribution in [3.8, 4) is 0 Å². The molecule has 112 valence electrons. The predicted molar refractivity (Wildman–Crippen MR) is 88.3 cm³/mol. The van der Waals surface area contributed by atoms with Crippen molar-refractivity contribution in [2.75, 3.05) is 34.3 Å². The molecule has 0 N–H and O–H groups in total. The van der Waals surface area contributed by atoms with Crippen LogP contribution in [0.25, 0.3) is 0 Å². The first-order chi connectivity index (χ1) is 9.96. The van der Waals surface area contributed by atoms with Crippen molar-refractivity contribution in [2.24, 2.45) is 0 Å². The smallest absolute Gasteiger partial charge is 0.108 e. The first-order valence-electron chi connectivity index (χ1n) is 7.49. The van der Waals surface area contributed by atoms with E-state index >= 15 is 0 Å². The van der Waals surface area contributed by atoms with Gasteiger partial charge in [-0.3, -0.25) is 0 Å². The minimum atomic E-state index is 0.0124. The van der Waals surface area contributed by atoms with Crippen LogP contribution in [0.5, 0.6) is 0 Å². The zero-order valence-electron chi connectivity index (χ0n) is 13.5. The van der Waals surface area contributed by atoms with Crippen LogP contribution in [-0.2, 0) is 4.74 Å². The summed E-state index contributed by atoms with van der Waals surface area (Å²) < 4.78 is 7.13. The quantitative estimate of drug-likeness (QED) is 0.733. The van der Waals surface area contributed by atoms with Crippen molar-refractivity contribution in [3.63, 3.8) is 0 Å². The third-order valence-corrected chi connectivity index (χ3v) is 3.53. The zero-order valence-corrected chi connectivity index (χ0v) is 13.5. The number of rotatable bonds is 6. The summed E-state index contributed by atoms with van der Waals surface area (Å²) in [6.07, 6.45) is 0.0124. The number of aryl methyl sites for hydroxylation is 1. The predicted octanol–water partition coefficient (Wildman–Crippen LogP) is 3.81. The van der Waals surface area contributed by atoms with Gasteiger partial charge in [0.25, 0.3) is 0 Å². The van der Waals surface area contributed by atoms with Gasteiger partial charge in [0.05, 0.1) is 27.7 Å². The highest BCUT2D eigenvalue weighted by Gasteiger charge is 2.16. The van der Waals surface area contributed by atoms with Crippen LogP contribution in [-0.4, -0.2) is 38.8 Å². The van der Waals surface area contributed by atoms with E-state index in [1.54, 1.807) is 0 Å². The average Bonchev–Trinajstić information content (AvgIpc) is 2.45. The largest absolute Gasteiger partial charge is 0.363 e. The van der Waals surface area contributed by atoms with Gasteiger partial charge in [0, 0.05) is 0 Å². The van der Waals surface area contributed by atoms with E-state index in [1.165, 1.54) is 16.7 Å². The molecular weight excluding hydrogens is 258 g/mol. The molecule has 0 aliphatic carbocycles. The Morgan fingerprint density at radius 2 is 1.43 bits per heavy atom. The van der Waals surface area contributed by atoms with Crippen molar-refractivity contribution in [1.82, 2.24) is 0 Å². The molecule has 2 nitrogen and oxygen atoms in total. The molecule has 2 heteroatoms. The SMILES string of the molecule is Cc1ccc(C(OCC[N+](C)(C)C)c2ccccc2)cc1. The van der Waals surface area contributed by atoms with Gasteiger partial charge in [-0.15, -0.1) is 0 Å². The summed E-state index contributed by atoms with van der Waals surface area (Å²) in [6.45, 7) is 3.85. The molecule has 0 fully saturated rings. The van der Waals surface area contributed by atoms with E-state index in [-0.39, 0.29) is 6.10 Å². The number of benzene rings is 2. The van der Waals surface area contributed by atoms with E-state index in [0.717, 1.165) is 17.6 Å². The van der Waals surface area contributed by atoms with Crippen molar-refractivity contribution >= 4 is 0 Å². The summed E-state index contributed by atoms with van der Waals surface area (Å²) >= 11 is 0. The van der Waals surface area contributed by atoms with Gasteiger partial charge in [0.2, 0.25) is 0 Å². The van der Waals surface area contributed by atoms with Crippen molar-refractivity contribution in [2.45, 2.75) is 13.0 Å². The van der Waals surface area contributed by atoms with E-state index < -0.39 is 0 Å². The fraction of sp³-hybridized carbons (Fsp3) is 0.368. The summed E-state index contributed by atoms with van der Waals surface area (Å²) in [7, 11) is 6.56. The Bertz CT molecular complexity index is 540. The van der Waals surface area contributed by atoms with Crippen molar-refractivity contribution < 1.29 is 9.22 Å². The summed E-state index contributed by atoms with van der Waals surface area (Å²) in [5.41, 5.74) is 3.70. The van der Waals surface area contributed by atoms with Gasteiger partial charge in [-0.2, -0.15) is 0 Å². The number of hydrogen-bond donors (Lipinski definition) is 0. The summed E-state index contributed by atoms with van der Waals surface area (Å²) in [4.78, 5) is 0. The molecular formula is C19H26NO+. The van der Waals surface area contributed by atoms with Crippen LogP contribution >= 0.6 is 0 Å². The third-order valence-electron chi connectivity index (χ3n) is 3.53. The maximum Gasteiger partial charge on any atom is 0.108 e. The second kappa shape index (κ2) is 6.88. The molecule has 0 spiro atoms. The van der Waals surface area contributed by atoms with Gasteiger partial charge in [0.1, 0.15) is 12.6 Å². The van der Waals surface area contributed by atoms with Crippen LogP contribution in [0.3, 0.4) is 0 Å². The number of nitrogens with zero attached hydrogens (tertiary/aromatic N) is 1. The summed E-state index contributed by atoms with van der Waals surface area (Å²) in [5.74, 6) is 0. The number of likely N-dealkylation sites (N-methyl/N-ethyl adjacent to an activating group) is 1. The van der Waals surface area contributed by atoms with Crippen molar-refractivity contribution in [1.29, 1.82) is 0 Å². The van der Waals surface area contributed by atoms with Gasteiger partial charge in [-0.25, -0.2) is 0 Å². The maximum atomic E-state index is 6.21. The monoisotopic (exact) mass is 284 g/mol. The molecule has 21 heavy (non-hydrogen) atoms. The van der Waals surface area contributed by atoms with Gasteiger partial charge in [-0.1, -0.05) is 60.2 Å². The molecule has 0 saturated carbocycles. The molecule has 1 unspecified atom stereocenters. The van der Waals surface area contributed by atoms with E-state index in [0.29, 0.717) is 0 Å². The zero-order chi connectivity index (χ0) is 15.3. The molecule has 0 radical (unpaired) electrons. The van der Waals surface area contributed by atoms with Crippen LogP contribution in [0.15, 0.2) is 54.6 Å². The number of quaternary nitrogens is 1. The maximum absolute atomic E-state index is 6.21.